The lowest BCUT2D eigenvalue weighted by molar-refractivity contribution is 0.0598. The monoisotopic (exact) mass is 555 g/mol. The van der Waals surface area contributed by atoms with Gasteiger partial charge < -0.3 is 9.80 Å². The molecule has 2 amide bonds. The molecule has 204 valence electrons. The molecule has 0 bridgehead atoms. The molecule has 0 atom stereocenters. The van der Waals surface area contributed by atoms with Crippen LogP contribution in [0.1, 0.15) is 26.3 Å². The van der Waals surface area contributed by atoms with E-state index in [1.54, 1.807) is 41.3 Å². The van der Waals surface area contributed by atoms with Crippen molar-refractivity contribution in [1.29, 1.82) is 0 Å². The molecule has 40 heavy (non-hydrogen) atoms. The summed E-state index contributed by atoms with van der Waals surface area (Å²) >= 11 is 6.14. The number of benzene rings is 4. The van der Waals surface area contributed by atoms with Gasteiger partial charge in [-0.3, -0.25) is 14.5 Å². The van der Waals surface area contributed by atoms with Crippen LogP contribution in [0.15, 0.2) is 103 Å². The first-order valence-corrected chi connectivity index (χ1v) is 13.8. The summed E-state index contributed by atoms with van der Waals surface area (Å²) < 4.78 is 13.4. The first-order chi connectivity index (χ1) is 19.5. The topological polar surface area (TPSA) is 43.9 Å². The van der Waals surface area contributed by atoms with E-state index in [9.17, 15) is 14.0 Å². The zero-order chi connectivity index (χ0) is 27.9. The largest absolute Gasteiger partial charge is 0.336 e. The lowest BCUT2D eigenvalue weighted by Crippen LogP contribution is -2.50. The number of carbonyl (C=O) groups is 2. The van der Waals surface area contributed by atoms with E-state index >= 15 is 0 Å². The van der Waals surface area contributed by atoms with E-state index in [0.29, 0.717) is 48.9 Å². The van der Waals surface area contributed by atoms with Crippen molar-refractivity contribution >= 4 is 23.4 Å². The number of hydrogen-bond acceptors (Lipinski definition) is 3. The van der Waals surface area contributed by atoms with Gasteiger partial charge >= 0.3 is 0 Å². The molecule has 1 aliphatic rings. The molecular weight excluding hydrogens is 525 g/mol. The van der Waals surface area contributed by atoms with Gasteiger partial charge in [-0.1, -0.05) is 72.3 Å². The minimum Gasteiger partial charge on any atom is -0.336 e. The second-order valence-electron chi connectivity index (χ2n) is 9.94. The first-order valence-electron chi connectivity index (χ1n) is 13.4. The van der Waals surface area contributed by atoms with Crippen molar-refractivity contribution in [2.24, 2.45) is 0 Å². The maximum atomic E-state index is 13.4. The highest BCUT2D eigenvalue weighted by molar-refractivity contribution is 6.30. The van der Waals surface area contributed by atoms with E-state index in [0.717, 1.165) is 29.8 Å². The molecular formula is C33H31ClFN3O2. The molecule has 0 unspecified atom stereocenters. The number of piperazine rings is 1. The minimum absolute atomic E-state index is 0.0355. The summed E-state index contributed by atoms with van der Waals surface area (Å²) in [5.41, 5.74) is 4.26. The molecule has 0 aliphatic carbocycles. The molecule has 7 heteroatoms. The Kier molecular flexibility index (Phi) is 8.89. The summed E-state index contributed by atoms with van der Waals surface area (Å²) in [6, 6.07) is 31.0. The van der Waals surface area contributed by atoms with Gasteiger partial charge in [0.15, 0.2) is 0 Å². The predicted molar refractivity (Wildman–Crippen MR) is 157 cm³/mol. The van der Waals surface area contributed by atoms with Crippen molar-refractivity contribution in [2.75, 3.05) is 39.3 Å². The van der Waals surface area contributed by atoms with Gasteiger partial charge in [-0.15, -0.1) is 0 Å². The van der Waals surface area contributed by atoms with Crippen LogP contribution in [0.25, 0.3) is 11.1 Å². The minimum atomic E-state index is -0.309. The van der Waals surface area contributed by atoms with Gasteiger partial charge in [-0.05, 0) is 59.2 Å². The Balaban J connectivity index is 1.18. The SMILES string of the molecule is O=C(c1ccc(-c2ccccc2)cc1)N1CCN(CCN(Cc2ccc(F)cc2)C(=O)c2cccc(Cl)c2)CC1. The van der Waals surface area contributed by atoms with Crippen molar-refractivity contribution in [3.05, 3.63) is 131 Å². The summed E-state index contributed by atoms with van der Waals surface area (Å²) in [5, 5.41) is 0.503. The third-order valence-corrected chi connectivity index (χ3v) is 7.47. The maximum Gasteiger partial charge on any atom is 0.254 e. The Hall–Kier alpha value is -4.00. The van der Waals surface area contributed by atoms with Crippen LogP contribution in [0.4, 0.5) is 4.39 Å². The van der Waals surface area contributed by atoms with Gasteiger partial charge in [0.05, 0.1) is 0 Å². The number of hydrogen-bond donors (Lipinski definition) is 0. The molecule has 4 aromatic rings. The highest BCUT2D eigenvalue weighted by atomic mass is 35.5. The Morgan fingerprint density at radius 1 is 0.750 bits per heavy atom. The Labute approximate surface area is 239 Å². The van der Waals surface area contributed by atoms with Crippen molar-refractivity contribution in [2.45, 2.75) is 6.54 Å². The van der Waals surface area contributed by atoms with Crippen LogP contribution in [0.5, 0.6) is 0 Å². The molecule has 0 aromatic heterocycles. The van der Waals surface area contributed by atoms with E-state index in [1.165, 1.54) is 12.1 Å². The number of nitrogens with zero attached hydrogens (tertiary/aromatic N) is 3. The highest BCUT2D eigenvalue weighted by Gasteiger charge is 2.24. The van der Waals surface area contributed by atoms with Gasteiger partial charge in [0, 0.05) is 62.0 Å². The van der Waals surface area contributed by atoms with Crippen molar-refractivity contribution in [3.8, 4) is 11.1 Å². The second kappa shape index (κ2) is 12.9. The smallest absolute Gasteiger partial charge is 0.254 e. The van der Waals surface area contributed by atoms with Crippen LogP contribution < -0.4 is 0 Å². The lowest BCUT2D eigenvalue weighted by atomic mass is 10.0. The normalized spacial score (nSPS) is 13.7. The quantitative estimate of drug-likeness (QED) is 0.258. The van der Waals surface area contributed by atoms with Crippen LogP contribution in [-0.4, -0.2) is 65.8 Å². The lowest BCUT2D eigenvalue weighted by Gasteiger charge is -2.36. The zero-order valence-corrected chi connectivity index (χ0v) is 22.9. The Bertz CT molecular complexity index is 1440. The first kappa shape index (κ1) is 27.6. The third kappa shape index (κ3) is 6.95. The Morgan fingerprint density at radius 3 is 2.10 bits per heavy atom. The molecule has 0 saturated carbocycles. The van der Waals surface area contributed by atoms with Gasteiger partial charge in [-0.2, -0.15) is 0 Å². The molecule has 0 N–H and O–H groups in total. The van der Waals surface area contributed by atoms with Crippen LogP contribution in [0, 0.1) is 5.82 Å². The molecule has 5 nitrogen and oxygen atoms in total. The predicted octanol–water partition coefficient (Wildman–Crippen LogP) is 6.25. The second-order valence-corrected chi connectivity index (χ2v) is 10.4. The summed E-state index contributed by atoms with van der Waals surface area (Å²) in [6.45, 7) is 4.23. The van der Waals surface area contributed by atoms with Gasteiger partial charge in [0.1, 0.15) is 5.82 Å². The van der Waals surface area contributed by atoms with Gasteiger partial charge in [0.2, 0.25) is 0 Å². The standard InChI is InChI=1S/C33H31ClFN3O2/c34-30-8-4-7-29(23-30)33(40)38(24-25-9-15-31(35)16-10-25)22-19-36-17-20-37(21-18-36)32(39)28-13-11-27(12-14-28)26-5-2-1-3-6-26/h1-16,23H,17-22,24H2. The average molecular weight is 556 g/mol. The highest BCUT2D eigenvalue weighted by Crippen LogP contribution is 2.20. The third-order valence-electron chi connectivity index (χ3n) is 7.23. The van der Waals surface area contributed by atoms with E-state index in [-0.39, 0.29) is 17.6 Å². The van der Waals surface area contributed by atoms with Crippen molar-refractivity contribution in [1.82, 2.24) is 14.7 Å². The number of rotatable bonds is 8. The molecule has 5 rings (SSSR count). The molecule has 4 aromatic carbocycles. The zero-order valence-electron chi connectivity index (χ0n) is 22.2. The fourth-order valence-corrected chi connectivity index (χ4v) is 5.11. The fourth-order valence-electron chi connectivity index (χ4n) is 4.92. The number of carbonyl (C=O) groups excluding carboxylic acids is 2. The molecule has 0 spiro atoms. The molecule has 0 radical (unpaired) electrons. The summed E-state index contributed by atoms with van der Waals surface area (Å²) in [6.07, 6.45) is 0. The van der Waals surface area contributed by atoms with Crippen molar-refractivity contribution in [3.63, 3.8) is 0 Å². The summed E-state index contributed by atoms with van der Waals surface area (Å²) in [5.74, 6) is -0.399. The number of halogens is 2. The average Bonchev–Trinajstić information content (AvgIpc) is 3.00. The van der Waals surface area contributed by atoms with Crippen LogP contribution >= 0.6 is 11.6 Å². The van der Waals surface area contributed by atoms with Crippen LogP contribution in [-0.2, 0) is 6.54 Å². The molecule has 1 heterocycles. The van der Waals surface area contributed by atoms with Gasteiger partial charge in [-0.25, -0.2) is 4.39 Å². The fraction of sp³-hybridized carbons (Fsp3) is 0.212. The molecule has 1 fully saturated rings. The molecule has 1 aliphatic heterocycles. The molecule has 1 saturated heterocycles. The summed E-state index contributed by atoms with van der Waals surface area (Å²) in [4.78, 5) is 32.4. The Morgan fingerprint density at radius 2 is 1.43 bits per heavy atom. The van der Waals surface area contributed by atoms with E-state index in [1.807, 2.05) is 47.4 Å². The van der Waals surface area contributed by atoms with Crippen molar-refractivity contribution < 1.29 is 14.0 Å². The van der Waals surface area contributed by atoms with Crippen LogP contribution in [0.2, 0.25) is 5.02 Å². The summed E-state index contributed by atoms with van der Waals surface area (Å²) in [7, 11) is 0. The van der Waals surface area contributed by atoms with E-state index in [2.05, 4.69) is 17.0 Å². The van der Waals surface area contributed by atoms with E-state index < -0.39 is 0 Å². The number of amides is 2. The maximum absolute atomic E-state index is 13.4. The van der Waals surface area contributed by atoms with E-state index in [4.69, 9.17) is 11.6 Å². The van der Waals surface area contributed by atoms with Gasteiger partial charge in [0.25, 0.3) is 11.8 Å². The van der Waals surface area contributed by atoms with Crippen LogP contribution in [0.3, 0.4) is 0 Å².